The molecule has 2 aliphatic heterocycles. The largest absolute Gasteiger partial charge is 0.381 e. The van der Waals surface area contributed by atoms with Gasteiger partial charge in [-0.05, 0) is 43.4 Å². The fourth-order valence-corrected chi connectivity index (χ4v) is 4.19. The Morgan fingerprint density at radius 1 is 1.23 bits per heavy atom. The standard InChI is InChI=1S/C20H39N3O2.HI/c1-4-18(5-2)19-7-11-23(15-19)20(21-3)22-10-6-12-25-16-17-8-13-24-14-9-17;/h17-19H,4-16H2,1-3H3,(H,21,22);1H. The molecule has 1 N–H and O–H groups in total. The van der Waals surface area contributed by atoms with E-state index >= 15 is 0 Å². The van der Waals surface area contributed by atoms with Gasteiger partial charge < -0.3 is 19.7 Å². The molecule has 6 heteroatoms. The Labute approximate surface area is 177 Å². The second-order valence-corrected chi connectivity index (χ2v) is 7.53. The first-order chi connectivity index (χ1) is 12.3. The third kappa shape index (κ3) is 7.89. The van der Waals surface area contributed by atoms with Crippen LogP contribution in [0.4, 0.5) is 0 Å². The van der Waals surface area contributed by atoms with Crippen molar-refractivity contribution < 1.29 is 9.47 Å². The van der Waals surface area contributed by atoms with Gasteiger partial charge in [0.25, 0.3) is 0 Å². The smallest absolute Gasteiger partial charge is 0.193 e. The molecule has 0 bridgehead atoms. The van der Waals surface area contributed by atoms with Crippen molar-refractivity contribution in [3.8, 4) is 0 Å². The van der Waals surface area contributed by atoms with Crippen LogP contribution in [0.3, 0.4) is 0 Å². The number of hydrogen-bond acceptors (Lipinski definition) is 3. The van der Waals surface area contributed by atoms with Crippen LogP contribution in [0.5, 0.6) is 0 Å². The zero-order valence-electron chi connectivity index (χ0n) is 17.0. The monoisotopic (exact) mass is 481 g/mol. The predicted octanol–water partition coefficient (Wildman–Crippen LogP) is 3.77. The molecule has 2 fully saturated rings. The average molecular weight is 481 g/mol. The molecule has 0 amide bonds. The highest BCUT2D eigenvalue weighted by molar-refractivity contribution is 14.0. The molecule has 0 radical (unpaired) electrons. The topological polar surface area (TPSA) is 46.1 Å². The van der Waals surface area contributed by atoms with Gasteiger partial charge in [0.15, 0.2) is 5.96 Å². The highest BCUT2D eigenvalue weighted by atomic mass is 127. The molecular formula is C20H40IN3O2. The summed E-state index contributed by atoms with van der Waals surface area (Å²) < 4.78 is 11.2. The lowest BCUT2D eigenvalue weighted by atomic mass is 9.87. The number of nitrogens with one attached hydrogen (secondary N) is 1. The summed E-state index contributed by atoms with van der Waals surface area (Å²) in [6, 6.07) is 0. The summed E-state index contributed by atoms with van der Waals surface area (Å²) in [5, 5.41) is 3.52. The van der Waals surface area contributed by atoms with Crippen molar-refractivity contribution in [3.63, 3.8) is 0 Å². The van der Waals surface area contributed by atoms with Crippen molar-refractivity contribution in [2.24, 2.45) is 22.7 Å². The molecule has 0 aliphatic carbocycles. The Morgan fingerprint density at radius 3 is 2.62 bits per heavy atom. The molecule has 0 aromatic carbocycles. The molecule has 5 nitrogen and oxygen atoms in total. The number of hydrogen-bond donors (Lipinski definition) is 1. The molecule has 0 aromatic heterocycles. The van der Waals surface area contributed by atoms with Crippen molar-refractivity contribution in [3.05, 3.63) is 0 Å². The number of likely N-dealkylation sites (tertiary alicyclic amines) is 1. The minimum Gasteiger partial charge on any atom is -0.381 e. The van der Waals surface area contributed by atoms with E-state index < -0.39 is 0 Å². The molecule has 2 saturated heterocycles. The van der Waals surface area contributed by atoms with Crippen molar-refractivity contribution in [2.45, 2.75) is 52.4 Å². The minimum absolute atomic E-state index is 0. The van der Waals surface area contributed by atoms with Crippen molar-refractivity contribution in [1.29, 1.82) is 0 Å². The molecule has 0 saturated carbocycles. The quantitative estimate of drug-likeness (QED) is 0.236. The van der Waals surface area contributed by atoms with Crippen LogP contribution >= 0.6 is 24.0 Å². The highest BCUT2D eigenvalue weighted by Gasteiger charge is 2.29. The Hall–Kier alpha value is -0.0800. The average Bonchev–Trinajstić information content (AvgIpc) is 3.13. The van der Waals surface area contributed by atoms with Gasteiger partial charge in [-0.3, -0.25) is 4.99 Å². The van der Waals surface area contributed by atoms with Gasteiger partial charge in [-0.1, -0.05) is 26.7 Å². The van der Waals surface area contributed by atoms with Crippen LogP contribution in [0.25, 0.3) is 0 Å². The lowest BCUT2D eigenvalue weighted by Gasteiger charge is -2.24. The van der Waals surface area contributed by atoms with E-state index in [1.165, 1.54) is 19.3 Å². The normalized spacial score (nSPS) is 21.9. The van der Waals surface area contributed by atoms with Crippen LogP contribution in [-0.2, 0) is 9.47 Å². The van der Waals surface area contributed by atoms with E-state index in [2.05, 4.69) is 29.1 Å². The van der Waals surface area contributed by atoms with Crippen LogP contribution in [0.2, 0.25) is 0 Å². The maximum Gasteiger partial charge on any atom is 0.193 e. The molecule has 154 valence electrons. The molecule has 0 spiro atoms. The third-order valence-electron chi connectivity index (χ3n) is 5.89. The summed E-state index contributed by atoms with van der Waals surface area (Å²) in [7, 11) is 1.90. The van der Waals surface area contributed by atoms with Crippen LogP contribution < -0.4 is 5.32 Å². The molecule has 2 aliphatic rings. The fraction of sp³-hybridized carbons (Fsp3) is 0.950. The Balaban J connectivity index is 0.00000338. The third-order valence-corrected chi connectivity index (χ3v) is 5.89. The Morgan fingerprint density at radius 2 is 1.96 bits per heavy atom. The van der Waals surface area contributed by atoms with Gasteiger partial charge in [0.2, 0.25) is 0 Å². The highest BCUT2D eigenvalue weighted by Crippen LogP contribution is 2.28. The first-order valence-corrected chi connectivity index (χ1v) is 10.4. The van der Waals surface area contributed by atoms with E-state index in [9.17, 15) is 0 Å². The Kier molecular flexibility index (Phi) is 12.9. The SMILES string of the molecule is CCC(CC)C1CCN(C(=NC)NCCCOCC2CCOCC2)C1.I. The van der Waals surface area contributed by atoms with Crippen LogP contribution in [0, 0.1) is 17.8 Å². The molecule has 2 heterocycles. The second-order valence-electron chi connectivity index (χ2n) is 7.53. The summed E-state index contributed by atoms with van der Waals surface area (Å²) in [5.41, 5.74) is 0. The fourth-order valence-electron chi connectivity index (χ4n) is 4.19. The zero-order chi connectivity index (χ0) is 17.9. The van der Waals surface area contributed by atoms with E-state index in [1.54, 1.807) is 0 Å². The van der Waals surface area contributed by atoms with Gasteiger partial charge in [0.05, 0.1) is 0 Å². The number of halogens is 1. The first-order valence-electron chi connectivity index (χ1n) is 10.4. The molecule has 2 rings (SSSR count). The molecule has 1 atom stereocenters. The summed E-state index contributed by atoms with van der Waals surface area (Å²) >= 11 is 0. The number of guanidine groups is 1. The summed E-state index contributed by atoms with van der Waals surface area (Å²) in [6.45, 7) is 11.4. The van der Waals surface area contributed by atoms with E-state index in [0.29, 0.717) is 5.92 Å². The second kappa shape index (κ2) is 14.0. The van der Waals surface area contributed by atoms with E-state index in [-0.39, 0.29) is 24.0 Å². The van der Waals surface area contributed by atoms with Gasteiger partial charge in [-0.15, -0.1) is 24.0 Å². The van der Waals surface area contributed by atoms with Gasteiger partial charge in [0.1, 0.15) is 0 Å². The van der Waals surface area contributed by atoms with Gasteiger partial charge >= 0.3 is 0 Å². The minimum atomic E-state index is 0. The van der Waals surface area contributed by atoms with E-state index in [0.717, 1.165) is 83.1 Å². The Bertz CT molecular complexity index is 385. The summed E-state index contributed by atoms with van der Waals surface area (Å²) in [6.07, 6.45) is 7.24. The molecule has 0 aromatic rings. The molecule has 26 heavy (non-hydrogen) atoms. The van der Waals surface area contributed by atoms with E-state index in [4.69, 9.17) is 9.47 Å². The molecular weight excluding hydrogens is 441 g/mol. The van der Waals surface area contributed by atoms with Gasteiger partial charge in [0, 0.05) is 53.1 Å². The van der Waals surface area contributed by atoms with Crippen molar-refractivity contribution in [2.75, 3.05) is 53.1 Å². The number of rotatable bonds is 9. The maximum absolute atomic E-state index is 5.84. The molecule has 1 unspecified atom stereocenters. The predicted molar refractivity (Wildman–Crippen MR) is 120 cm³/mol. The van der Waals surface area contributed by atoms with Crippen LogP contribution in [0.1, 0.15) is 52.4 Å². The number of nitrogens with zero attached hydrogens (tertiary/aromatic N) is 2. The van der Waals surface area contributed by atoms with Gasteiger partial charge in [-0.2, -0.15) is 0 Å². The summed E-state index contributed by atoms with van der Waals surface area (Å²) in [4.78, 5) is 6.92. The number of ether oxygens (including phenoxy) is 2. The van der Waals surface area contributed by atoms with Gasteiger partial charge in [-0.25, -0.2) is 0 Å². The lowest BCUT2D eigenvalue weighted by Crippen LogP contribution is -2.41. The van der Waals surface area contributed by atoms with Crippen molar-refractivity contribution in [1.82, 2.24) is 10.2 Å². The van der Waals surface area contributed by atoms with Crippen LogP contribution in [0.15, 0.2) is 4.99 Å². The zero-order valence-corrected chi connectivity index (χ0v) is 19.4. The van der Waals surface area contributed by atoms with Crippen LogP contribution in [-0.4, -0.2) is 64.0 Å². The van der Waals surface area contributed by atoms with E-state index in [1.807, 2.05) is 7.05 Å². The first kappa shape index (κ1) is 24.0. The maximum atomic E-state index is 5.84. The lowest BCUT2D eigenvalue weighted by molar-refractivity contribution is 0.0203. The van der Waals surface area contributed by atoms with Crippen molar-refractivity contribution >= 4 is 29.9 Å². The number of aliphatic imine (C=N–C) groups is 1. The summed E-state index contributed by atoms with van der Waals surface area (Å²) in [5.74, 6) is 3.46.